The molecular weight excluding hydrogens is 314 g/mol. The zero-order valence-electron chi connectivity index (χ0n) is 11.1. The van der Waals surface area contributed by atoms with E-state index >= 15 is 0 Å². The molecule has 0 aliphatic heterocycles. The van der Waals surface area contributed by atoms with Gasteiger partial charge in [0.05, 0.1) is 15.9 Å². The number of hydrogen-bond acceptors (Lipinski definition) is 3. The second-order valence-corrected chi connectivity index (χ2v) is 7.53. The number of likely N-dealkylation sites (N-methyl/N-ethyl adjacent to an activating group) is 1. The summed E-state index contributed by atoms with van der Waals surface area (Å²) in [5.74, 6) is 0.0877. The molecule has 1 N–H and O–H groups in total. The molecule has 0 unspecified atom stereocenters. The maximum atomic E-state index is 12.0. The van der Waals surface area contributed by atoms with Crippen LogP contribution >= 0.6 is 27.3 Å². The lowest BCUT2D eigenvalue weighted by Crippen LogP contribution is -2.47. The van der Waals surface area contributed by atoms with Gasteiger partial charge in [0.2, 0.25) is 5.91 Å². The number of aliphatic hydroxyl groups excluding tert-OH is 1. The molecule has 0 saturated carbocycles. The zero-order valence-corrected chi connectivity index (χ0v) is 13.5. The summed E-state index contributed by atoms with van der Waals surface area (Å²) in [4.78, 5) is 14.9. The average molecular weight is 334 g/mol. The monoisotopic (exact) mass is 333 g/mol. The van der Waals surface area contributed by atoms with Crippen LogP contribution in [-0.2, 0) is 11.2 Å². The van der Waals surface area contributed by atoms with E-state index in [0.29, 0.717) is 6.42 Å². The Bertz CT molecular complexity index is 403. The predicted molar refractivity (Wildman–Crippen MR) is 78.9 cm³/mol. The quantitative estimate of drug-likeness (QED) is 0.869. The Kier molecular flexibility index (Phi) is 5.82. The number of halogens is 1. The third kappa shape index (κ3) is 4.37. The summed E-state index contributed by atoms with van der Waals surface area (Å²) >= 11 is 5.14. The molecule has 0 atom stereocenters. The molecule has 0 aliphatic rings. The zero-order chi connectivity index (χ0) is 13.8. The second-order valence-electron chi connectivity index (χ2n) is 4.98. The Morgan fingerprint density at radius 2 is 2.17 bits per heavy atom. The fourth-order valence-electron chi connectivity index (χ4n) is 1.51. The van der Waals surface area contributed by atoms with Crippen LogP contribution in [0.25, 0.3) is 0 Å². The molecule has 18 heavy (non-hydrogen) atoms. The number of aliphatic hydroxyl groups is 1. The highest BCUT2D eigenvalue weighted by Crippen LogP contribution is 2.23. The standard InChI is InChI=1S/C13H20BrNO2S/c1-13(2,9-16)15(3)12(17)6-4-5-10-7-8-11(14)18-10/h7-8,16H,4-6,9H2,1-3H3. The van der Waals surface area contributed by atoms with Crippen molar-refractivity contribution in [3.05, 3.63) is 20.8 Å². The van der Waals surface area contributed by atoms with Gasteiger partial charge in [-0.1, -0.05) is 0 Å². The van der Waals surface area contributed by atoms with Crippen LogP contribution in [-0.4, -0.2) is 35.1 Å². The summed E-state index contributed by atoms with van der Waals surface area (Å²) in [5.41, 5.74) is -0.483. The Morgan fingerprint density at radius 1 is 1.50 bits per heavy atom. The lowest BCUT2D eigenvalue weighted by Gasteiger charge is -2.34. The first kappa shape index (κ1) is 15.7. The Morgan fingerprint density at radius 3 is 2.67 bits per heavy atom. The molecule has 0 bridgehead atoms. The summed E-state index contributed by atoms with van der Waals surface area (Å²) in [7, 11) is 1.75. The Hall–Kier alpha value is -0.390. The van der Waals surface area contributed by atoms with Gasteiger partial charge >= 0.3 is 0 Å². The van der Waals surface area contributed by atoms with E-state index < -0.39 is 5.54 Å². The van der Waals surface area contributed by atoms with Crippen molar-refractivity contribution in [2.24, 2.45) is 0 Å². The molecule has 3 nitrogen and oxygen atoms in total. The predicted octanol–water partition coefficient (Wildman–Crippen LogP) is 3.06. The molecule has 0 aliphatic carbocycles. The third-order valence-electron chi connectivity index (χ3n) is 3.11. The Balaban J connectivity index is 2.37. The molecule has 1 aromatic heterocycles. The Labute approximate surface area is 121 Å². The van der Waals surface area contributed by atoms with E-state index in [-0.39, 0.29) is 12.5 Å². The molecule has 1 aromatic rings. The number of thiophene rings is 1. The molecule has 0 saturated heterocycles. The van der Waals surface area contributed by atoms with Crippen molar-refractivity contribution in [1.82, 2.24) is 4.90 Å². The fourth-order valence-corrected chi connectivity index (χ4v) is 3.04. The molecule has 1 rings (SSSR count). The number of carbonyl (C=O) groups is 1. The summed E-state index contributed by atoms with van der Waals surface area (Å²) in [5, 5.41) is 9.22. The number of amides is 1. The number of aryl methyl sites for hydroxylation is 1. The molecule has 5 heteroatoms. The van der Waals surface area contributed by atoms with E-state index in [2.05, 4.69) is 22.0 Å². The topological polar surface area (TPSA) is 40.5 Å². The molecule has 0 aromatic carbocycles. The van der Waals surface area contributed by atoms with E-state index in [1.165, 1.54) is 4.88 Å². The minimum absolute atomic E-state index is 0.0207. The molecule has 0 fully saturated rings. The molecule has 102 valence electrons. The SMILES string of the molecule is CN(C(=O)CCCc1ccc(Br)s1)C(C)(C)CO. The minimum atomic E-state index is -0.483. The van der Waals surface area contributed by atoms with Gasteiger partial charge in [-0.05, 0) is 54.8 Å². The van der Waals surface area contributed by atoms with Crippen molar-refractivity contribution in [2.45, 2.75) is 38.6 Å². The van der Waals surface area contributed by atoms with Crippen molar-refractivity contribution in [3.63, 3.8) is 0 Å². The van der Waals surface area contributed by atoms with Crippen LogP contribution in [0, 0.1) is 0 Å². The van der Waals surface area contributed by atoms with Crippen molar-refractivity contribution >= 4 is 33.2 Å². The normalized spacial score (nSPS) is 11.6. The lowest BCUT2D eigenvalue weighted by atomic mass is 10.0. The van der Waals surface area contributed by atoms with E-state index in [1.54, 1.807) is 23.3 Å². The molecule has 1 heterocycles. The van der Waals surface area contributed by atoms with Gasteiger partial charge in [-0.25, -0.2) is 0 Å². The van der Waals surface area contributed by atoms with Gasteiger partial charge in [0.1, 0.15) is 0 Å². The van der Waals surface area contributed by atoms with Crippen LogP contribution in [0.4, 0.5) is 0 Å². The fraction of sp³-hybridized carbons (Fsp3) is 0.615. The summed E-state index contributed by atoms with van der Waals surface area (Å²) in [6.45, 7) is 3.70. The van der Waals surface area contributed by atoms with Crippen LogP contribution < -0.4 is 0 Å². The second kappa shape index (κ2) is 6.68. The van der Waals surface area contributed by atoms with Crippen molar-refractivity contribution in [3.8, 4) is 0 Å². The first-order valence-corrected chi connectivity index (χ1v) is 7.59. The number of carbonyl (C=O) groups excluding carboxylic acids is 1. The minimum Gasteiger partial charge on any atom is -0.394 e. The van der Waals surface area contributed by atoms with Gasteiger partial charge in [0, 0.05) is 18.3 Å². The van der Waals surface area contributed by atoms with Gasteiger partial charge in [0.25, 0.3) is 0 Å². The number of rotatable bonds is 6. The van der Waals surface area contributed by atoms with Crippen LogP contribution in [0.5, 0.6) is 0 Å². The summed E-state index contributed by atoms with van der Waals surface area (Å²) < 4.78 is 1.13. The highest BCUT2D eigenvalue weighted by atomic mass is 79.9. The van der Waals surface area contributed by atoms with Crippen molar-refractivity contribution < 1.29 is 9.90 Å². The highest BCUT2D eigenvalue weighted by Gasteiger charge is 2.26. The van der Waals surface area contributed by atoms with Crippen LogP contribution in [0.15, 0.2) is 15.9 Å². The van der Waals surface area contributed by atoms with E-state index in [0.717, 1.165) is 16.6 Å². The third-order valence-corrected chi connectivity index (χ3v) is 4.80. The van der Waals surface area contributed by atoms with Gasteiger partial charge in [-0.3, -0.25) is 4.79 Å². The highest BCUT2D eigenvalue weighted by molar-refractivity contribution is 9.11. The first-order valence-electron chi connectivity index (χ1n) is 5.98. The molecule has 1 amide bonds. The molecular formula is C13H20BrNO2S. The van der Waals surface area contributed by atoms with Crippen molar-refractivity contribution in [2.75, 3.05) is 13.7 Å². The van der Waals surface area contributed by atoms with Gasteiger partial charge in [0.15, 0.2) is 0 Å². The van der Waals surface area contributed by atoms with Crippen molar-refractivity contribution in [1.29, 1.82) is 0 Å². The van der Waals surface area contributed by atoms with Gasteiger partial charge in [-0.2, -0.15) is 0 Å². The largest absolute Gasteiger partial charge is 0.394 e. The van der Waals surface area contributed by atoms with Gasteiger partial charge in [-0.15, -0.1) is 11.3 Å². The molecule has 0 radical (unpaired) electrons. The maximum Gasteiger partial charge on any atom is 0.222 e. The first-order chi connectivity index (χ1) is 8.36. The van der Waals surface area contributed by atoms with E-state index in [9.17, 15) is 9.90 Å². The lowest BCUT2D eigenvalue weighted by molar-refractivity contribution is -0.136. The van der Waals surface area contributed by atoms with Crippen LogP contribution in [0.1, 0.15) is 31.6 Å². The average Bonchev–Trinajstić information content (AvgIpc) is 2.74. The van der Waals surface area contributed by atoms with Gasteiger partial charge < -0.3 is 10.0 Å². The number of hydrogen-bond donors (Lipinski definition) is 1. The number of nitrogens with zero attached hydrogens (tertiary/aromatic N) is 1. The maximum absolute atomic E-state index is 12.0. The smallest absolute Gasteiger partial charge is 0.222 e. The summed E-state index contributed by atoms with van der Waals surface area (Å²) in [6.07, 6.45) is 2.29. The van der Waals surface area contributed by atoms with E-state index in [1.807, 2.05) is 19.9 Å². The summed E-state index contributed by atoms with van der Waals surface area (Å²) in [6, 6.07) is 4.11. The van der Waals surface area contributed by atoms with Crippen LogP contribution in [0.3, 0.4) is 0 Å². The molecule has 0 spiro atoms. The van der Waals surface area contributed by atoms with E-state index in [4.69, 9.17) is 0 Å². The van der Waals surface area contributed by atoms with Crippen LogP contribution in [0.2, 0.25) is 0 Å².